The summed E-state index contributed by atoms with van der Waals surface area (Å²) in [6, 6.07) is 6.78. The Kier molecular flexibility index (Phi) is 4.50. The molecule has 0 spiro atoms. The van der Waals surface area contributed by atoms with Crippen LogP contribution in [-0.2, 0) is 0 Å². The van der Waals surface area contributed by atoms with Crippen LogP contribution in [0.2, 0.25) is 0 Å². The highest BCUT2D eigenvalue weighted by Crippen LogP contribution is 2.24. The summed E-state index contributed by atoms with van der Waals surface area (Å²) in [5.74, 6) is -0.350. The standard InChI is InChI=1S/C16H22FN3O/c1-12-10-19(6-7-20(12)11-16(2,3)21)15-5-4-13(9-18)8-14(15)17/h4-5,8,12,21H,6-7,10-11H2,1-3H3/t12-/m0/s1. The van der Waals surface area contributed by atoms with Crippen LogP contribution in [0.1, 0.15) is 26.3 Å². The molecule has 0 bridgehead atoms. The number of aliphatic hydroxyl groups is 1. The van der Waals surface area contributed by atoms with Gasteiger partial charge in [0, 0.05) is 32.2 Å². The molecule has 1 aliphatic heterocycles. The van der Waals surface area contributed by atoms with Gasteiger partial charge in [-0.2, -0.15) is 5.26 Å². The Morgan fingerprint density at radius 1 is 1.43 bits per heavy atom. The molecule has 4 nitrogen and oxygen atoms in total. The van der Waals surface area contributed by atoms with E-state index in [1.165, 1.54) is 6.07 Å². The zero-order valence-corrected chi connectivity index (χ0v) is 12.8. The van der Waals surface area contributed by atoms with Crippen molar-refractivity contribution in [3.63, 3.8) is 0 Å². The molecule has 1 fully saturated rings. The Morgan fingerprint density at radius 2 is 2.14 bits per heavy atom. The van der Waals surface area contributed by atoms with Crippen molar-refractivity contribution in [1.29, 1.82) is 5.26 Å². The van der Waals surface area contributed by atoms with E-state index in [4.69, 9.17) is 5.26 Å². The molecule has 0 unspecified atom stereocenters. The van der Waals surface area contributed by atoms with E-state index in [2.05, 4.69) is 11.8 Å². The first-order chi connectivity index (χ1) is 9.80. The number of β-amino-alcohol motifs (C(OH)–C–C–N with tert-alkyl or cyclic N) is 1. The van der Waals surface area contributed by atoms with E-state index in [0.717, 1.165) is 6.54 Å². The van der Waals surface area contributed by atoms with E-state index < -0.39 is 5.60 Å². The number of nitriles is 1. The van der Waals surface area contributed by atoms with Crippen LogP contribution in [0.3, 0.4) is 0 Å². The second-order valence-corrected chi connectivity index (χ2v) is 6.36. The van der Waals surface area contributed by atoms with E-state index in [1.54, 1.807) is 26.0 Å². The molecule has 0 aliphatic carbocycles. The average molecular weight is 291 g/mol. The van der Waals surface area contributed by atoms with Crippen molar-refractivity contribution in [2.24, 2.45) is 0 Å². The normalized spacial score (nSPS) is 20.4. The van der Waals surface area contributed by atoms with Crippen LogP contribution in [0.15, 0.2) is 18.2 Å². The van der Waals surface area contributed by atoms with Gasteiger partial charge in [0.1, 0.15) is 5.82 Å². The van der Waals surface area contributed by atoms with Gasteiger partial charge < -0.3 is 10.0 Å². The molecule has 1 aromatic rings. The SMILES string of the molecule is C[C@H]1CN(c2ccc(C#N)cc2F)CCN1CC(C)(C)O. The summed E-state index contributed by atoms with van der Waals surface area (Å²) >= 11 is 0. The Hall–Kier alpha value is -1.64. The monoisotopic (exact) mass is 291 g/mol. The number of rotatable bonds is 3. The summed E-state index contributed by atoms with van der Waals surface area (Å²) in [4.78, 5) is 4.22. The number of anilines is 1. The van der Waals surface area contributed by atoms with E-state index in [-0.39, 0.29) is 11.9 Å². The van der Waals surface area contributed by atoms with Crippen molar-refractivity contribution in [3.05, 3.63) is 29.6 Å². The molecular weight excluding hydrogens is 269 g/mol. The molecule has 1 saturated heterocycles. The molecule has 5 heteroatoms. The third kappa shape index (κ3) is 3.93. The summed E-state index contributed by atoms with van der Waals surface area (Å²) in [5, 5.41) is 18.7. The van der Waals surface area contributed by atoms with Crippen molar-refractivity contribution in [2.75, 3.05) is 31.1 Å². The molecular formula is C16H22FN3O. The summed E-state index contributed by atoms with van der Waals surface area (Å²) in [7, 11) is 0. The lowest BCUT2D eigenvalue weighted by Gasteiger charge is -2.43. The van der Waals surface area contributed by atoms with Crippen LogP contribution < -0.4 is 4.90 Å². The minimum Gasteiger partial charge on any atom is -0.389 e. The van der Waals surface area contributed by atoms with Crippen LogP contribution in [0, 0.1) is 17.1 Å². The van der Waals surface area contributed by atoms with Crippen molar-refractivity contribution in [3.8, 4) is 6.07 Å². The fourth-order valence-electron chi connectivity index (χ4n) is 2.78. The zero-order valence-electron chi connectivity index (χ0n) is 12.8. The van der Waals surface area contributed by atoms with Crippen LogP contribution >= 0.6 is 0 Å². The highest BCUT2D eigenvalue weighted by Gasteiger charge is 2.28. The van der Waals surface area contributed by atoms with Crippen LogP contribution in [-0.4, -0.2) is 47.8 Å². The van der Waals surface area contributed by atoms with E-state index >= 15 is 0 Å². The predicted molar refractivity (Wildman–Crippen MR) is 80.7 cm³/mol. The Morgan fingerprint density at radius 3 is 2.67 bits per heavy atom. The van der Waals surface area contributed by atoms with Gasteiger partial charge in [-0.15, -0.1) is 0 Å². The molecule has 1 aliphatic rings. The second-order valence-electron chi connectivity index (χ2n) is 6.36. The summed E-state index contributed by atoms with van der Waals surface area (Å²) < 4.78 is 14.1. The fraction of sp³-hybridized carbons (Fsp3) is 0.562. The summed E-state index contributed by atoms with van der Waals surface area (Å²) in [6.45, 7) is 8.49. The highest BCUT2D eigenvalue weighted by atomic mass is 19.1. The minimum atomic E-state index is -0.726. The van der Waals surface area contributed by atoms with Gasteiger partial charge in [-0.1, -0.05) is 0 Å². The van der Waals surface area contributed by atoms with Crippen LogP contribution in [0.25, 0.3) is 0 Å². The van der Waals surface area contributed by atoms with Gasteiger partial charge in [0.2, 0.25) is 0 Å². The molecule has 1 atom stereocenters. The van der Waals surface area contributed by atoms with Crippen molar-refractivity contribution in [2.45, 2.75) is 32.4 Å². The average Bonchev–Trinajstić information content (AvgIpc) is 2.39. The van der Waals surface area contributed by atoms with E-state index in [9.17, 15) is 9.50 Å². The lowest BCUT2D eigenvalue weighted by Crippen LogP contribution is -2.55. The molecule has 0 saturated carbocycles. The Bertz CT molecular complexity index is 547. The topological polar surface area (TPSA) is 50.5 Å². The number of nitrogens with zero attached hydrogens (tertiary/aromatic N) is 3. The van der Waals surface area contributed by atoms with Gasteiger partial charge in [0.25, 0.3) is 0 Å². The molecule has 114 valence electrons. The number of hydrogen-bond acceptors (Lipinski definition) is 4. The molecule has 1 heterocycles. The summed E-state index contributed by atoms with van der Waals surface area (Å²) in [5.41, 5.74) is 0.157. The second kappa shape index (κ2) is 6.00. The Balaban J connectivity index is 2.07. The molecule has 0 amide bonds. The fourth-order valence-corrected chi connectivity index (χ4v) is 2.78. The number of halogens is 1. The van der Waals surface area contributed by atoms with Crippen molar-refractivity contribution < 1.29 is 9.50 Å². The maximum Gasteiger partial charge on any atom is 0.147 e. The smallest absolute Gasteiger partial charge is 0.147 e. The highest BCUT2D eigenvalue weighted by molar-refractivity contribution is 5.51. The maximum atomic E-state index is 14.1. The predicted octanol–water partition coefficient (Wildman–Crippen LogP) is 1.98. The lowest BCUT2D eigenvalue weighted by atomic mass is 10.1. The first-order valence-electron chi connectivity index (χ1n) is 7.21. The zero-order chi connectivity index (χ0) is 15.6. The van der Waals surface area contributed by atoms with Gasteiger partial charge >= 0.3 is 0 Å². The van der Waals surface area contributed by atoms with E-state index in [0.29, 0.717) is 30.9 Å². The number of piperazine rings is 1. The lowest BCUT2D eigenvalue weighted by molar-refractivity contribution is 0.0200. The quantitative estimate of drug-likeness (QED) is 0.925. The van der Waals surface area contributed by atoms with Gasteiger partial charge in [0.05, 0.1) is 22.9 Å². The first kappa shape index (κ1) is 15.7. The molecule has 0 aromatic heterocycles. The largest absolute Gasteiger partial charge is 0.389 e. The van der Waals surface area contributed by atoms with Gasteiger partial charge in [-0.25, -0.2) is 4.39 Å². The third-order valence-electron chi connectivity index (χ3n) is 3.77. The van der Waals surface area contributed by atoms with Crippen LogP contribution in [0.5, 0.6) is 0 Å². The van der Waals surface area contributed by atoms with Crippen LogP contribution in [0.4, 0.5) is 10.1 Å². The van der Waals surface area contributed by atoms with E-state index in [1.807, 2.05) is 11.0 Å². The van der Waals surface area contributed by atoms with Crippen molar-refractivity contribution in [1.82, 2.24) is 4.90 Å². The Labute approximate surface area is 125 Å². The molecule has 1 N–H and O–H groups in total. The molecule has 1 aromatic carbocycles. The molecule has 2 rings (SSSR count). The third-order valence-corrected chi connectivity index (χ3v) is 3.77. The van der Waals surface area contributed by atoms with Gasteiger partial charge in [-0.05, 0) is 39.0 Å². The molecule has 0 radical (unpaired) electrons. The first-order valence-corrected chi connectivity index (χ1v) is 7.21. The minimum absolute atomic E-state index is 0.236. The van der Waals surface area contributed by atoms with Gasteiger partial charge in [-0.3, -0.25) is 4.90 Å². The number of hydrogen-bond donors (Lipinski definition) is 1. The number of benzene rings is 1. The van der Waals surface area contributed by atoms with Gasteiger partial charge in [0.15, 0.2) is 0 Å². The van der Waals surface area contributed by atoms with Crippen molar-refractivity contribution >= 4 is 5.69 Å². The molecule has 21 heavy (non-hydrogen) atoms. The summed E-state index contributed by atoms with van der Waals surface area (Å²) in [6.07, 6.45) is 0. The maximum absolute atomic E-state index is 14.1.